The zero-order valence-electron chi connectivity index (χ0n) is 11.2. The molecule has 0 aliphatic carbocycles. The van der Waals surface area contributed by atoms with Gasteiger partial charge in [0.25, 0.3) is 0 Å². The fourth-order valence-electron chi connectivity index (χ4n) is 1.70. The van der Waals surface area contributed by atoms with Crippen molar-refractivity contribution in [1.29, 1.82) is 0 Å². The Morgan fingerprint density at radius 3 is 2.80 bits per heavy atom. The molecule has 1 aromatic heterocycles. The van der Waals surface area contributed by atoms with Gasteiger partial charge in [0.05, 0.1) is 23.3 Å². The summed E-state index contributed by atoms with van der Waals surface area (Å²) in [4.78, 5) is 11.4. The molecular weight excluding hydrogens is 304 g/mol. The van der Waals surface area contributed by atoms with Crippen molar-refractivity contribution in [3.8, 4) is 0 Å². The Kier molecular flexibility index (Phi) is 6.37. The molecule has 0 unspecified atom stereocenters. The lowest BCUT2D eigenvalue weighted by Crippen LogP contribution is -2.39. The van der Waals surface area contributed by atoms with Crippen LogP contribution in [0.25, 0.3) is 0 Å². The average Bonchev–Trinajstić information content (AvgIpc) is 2.65. The molecule has 0 aromatic carbocycles. The van der Waals surface area contributed by atoms with E-state index in [0.29, 0.717) is 24.7 Å². The van der Waals surface area contributed by atoms with Gasteiger partial charge in [0, 0.05) is 11.1 Å². The number of anilines is 1. The topological polar surface area (TPSA) is 113 Å². The summed E-state index contributed by atoms with van der Waals surface area (Å²) in [5.41, 5.74) is 6.54. The maximum absolute atomic E-state index is 11.4. The van der Waals surface area contributed by atoms with E-state index in [1.165, 1.54) is 11.3 Å². The number of esters is 1. The second-order valence-corrected chi connectivity index (χ2v) is 6.58. The molecular formula is C11H18N2O5S2. The van der Waals surface area contributed by atoms with Gasteiger partial charge in [0.15, 0.2) is 0 Å². The predicted molar refractivity (Wildman–Crippen MR) is 73.1 cm³/mol. The summed E-state index contributed by atoms with van der Waals surface area (Å²) in [5.74, 6) is -0.716. The number of ether oxygens (including phenoxy) is 1. The Hall–Kier alpha value is -1.19. The van der Waals surface area contributed by atoms with Gasteiger partial charge in [-0.2, -0.15) is 0 Å². The van der Waals surface area contributed by atoms with Crippen molar-refractivity contribution < 1.29 is 27.1 Å². The monoisotopic (exact) mass is 322 g/mol. The van der Waals surface area contributed by atoms with Gasteiger partial charge >= 0.3 is 11.1 Å². The highest BCUT2D eigenvalue weighted by atomic mass is 32.2. The largest absolute Gasteiger partial charge is 0.748 e. The van der Waals surface area contributed by atoms with E-state index >= 15 is 0 Å². The summed E-state index contributed by atoms with van der Waals surface area (Å²) < 4.78 is 38.1. The Morgan fingerprint density at radius 1 is 1.50 bits per heavy atom. The summed E-state index contributed by atoms with van der Waals surface area (Å²) in [5, 5.41) is 2.31. The molecule has 2 N–H and O–H groups in total. The molecule has 114 valence electrons. The molecule has 1 rings (SSSR count). The van der Waals surface area contributed by atoms with Gasteiger partial charge in [0.1, 0.15) is 12.1 Å². The van der Waals surface area contributed by atoms with Gasteiger partial charge < -0.3 is 9.29 Å². The number of nitrogen functional groups attached to an aromatic ring is 1. The van der Waals surface area contributed by atoms with Crippen molar-refractivity contribution in [3.63, 3.8) is 0 Å². The first kappa shape index (κ1) is 16.9. The van der Waals surface area contributed by atoms with Crippen LogP contribution in [0.5, 0.6) is 0 Å². The molecule has 0 fully saturated rings. The van der Waals surface area contributed by atoms with E-state index in [4.69, 9.17) is 10.5 Å². The minimum Gasteiger partial charge on any atom is -0.748 e. The second kappa shape index (κ2) is 7.55. The van der Waals surface area contributed by atoms with Crippen molar-refractivity contribution in [2.75, 3.05) is 18.1 Å². The molecule has 9 heteroatoms. The van der Waals surface area contributed by atoms with Crippen molar-refractivity contribution in [2.24, 2.45) is 0 Å². The average molecular weight is 322 g/mol. The predicted octanol–water partition coefficient (Wildman–Crippen LogP) is 0.0488. The lowest BCUT2D eigenvalue weighted by molar-refractivity contribution is -0.685. The highest BCUT2D eigenvalue weighted by Gasteiger charge is 2.17. The van der Waals surface area contributed by atoms with E-state index in [9.17, 15) is 17.8 Å². The summed E-state index contributed by atoms with van der Waals surface area (Å²) in [7, 11) is -4.17. The van der Waals surface area contributed by atoms with Crippen LogP contribution in [-0.4, -0.2) is 31.3 Å². The maximum Gasteiger partial charge on any atom is 0.331 e. The van der Waals surface area contributed by atoms with Crippen molar-refractivity contribution in [2.45, 2.75) is 32.7 Å². The summed E-state index contributed by atoms with van der Waals surface area (Å²) >= 11 is 1.31. The van der Waals surface area contributed by atoms with E-state index in [0.717, 1.165) is 5.69 Å². The molecule has 1 aromatic rings. The Bertz CT molecular complexity index is 553. The number of carbonyl (C=O) groups is 1. The number of thiazole rings is 1. The molecule has 0 amide bonds. The van der Waals surface area contributed by atoms with Crippen LogP contribution in [0.4, 0.5) is 5.13 Å². The molecule has 1 heterocycles. The number of hydrogen-bond donors (Lipinski definition) is 1. The third-order valence-corrected chi connectivity index (χ3v) is 4.23. The van der Waals surface area contributed by atoms with Crippen LogP contribution in [-0.2, 0) is 32.6 Å². The first-order valence-corrected chi connectivity index (χ1v) is 8.64. The minimum absolute atomic E-state index is 0.126. The Balaban J connectivity index is 2.56. The smallest absolute Gasteiger partial charge is 0.331 e. The molecule has 0 bridgehead atoms. The van der Waals surface area contributed by atoms with E-state index in [1.807, 2.05) is 0 Å². The number of rotatable bonds is 8. The normalized spacial score (nSPS) is 11.5. The zero-order valence-corrected chi connectivity index (χ0v) is 12.8. The number of carbonyl (C=O) groups excluding carboxylic acids is 1. The molecule has 20 heavy (non-hydrogen) atoms. The molecule has 0 atom stereocenters. The van der Waals surface area contributed by atoms with Crippen molar-refractivity contribution in [1.82, 2.24) is 0 Å². The van der Waals surface area contributed by atoms with E-state index in [1.54, 1.807) is 16.9 Å². The van der Waals surface area contributed by atoms with Crippen LogP contribution >= 0.6 is 11.3 Å². The van der Waals surface area contributed by atoms with Crippen LogP contribution in [0.15, 0.2) is 5.38 Å². The molecule has 0 radical (unpaired) electrons. The quantitative estimate of drug-likeness (QED) is 0.313. The molecule has 0 saturated carbocycles. The molecule has 0 saturated heterocycles. The molecule has 0 aliphatic rings. The van der Waals surface area contributed by atoms with Crippen LogP contribution in [0, 0.1) is 0 Å². The summed E-state index contributed by atoms with van der Waals surface area (Å²) in [6, 6.07) is 0. The van der Waals surface area contributed by atoms with Gasteiger partial charge in [-0.15, -0.1) is 0 Å². The third-order valence-electron chi connectivity index (χ3n) is 2.59. The first-order valence-electron chi connectivity index (χ1n) is 6.18. The SMILES string of the molecule is CCOC(=O)Cc1csc(N)[n+]1CCCCS(=O)(=O)[O-]. The van der Waals surface area contributed by atoms with Crippen molar-refractivity contribution in [3.05, 3.63) is 11.1 Å². The zero-order chi connectivity index (χ0) is 15.2. The van der Waals surface area contributed by atoms with Gasteiger partial charge in [-0.1, -0.05) is 11.3 Å². The number of nitrogens with zero attached hydrogens (tertiary/aromatic N) is 1. The fraction of sp³-hybridized carbons (Fsp3) is 0.636. The molecule has 7 nitrogen and oxygen atoms in total. The number of unbranched alkanes of at least 4 members (excludes halogenated alkanes) is 1. The van der Waals surface area contributed by atoms with Gasteiger partial charge in [-0.05, 0) is 19.8 Å². The maximum atomic E-state index is 11.4. The minimum atomic E-state index is -4.17. The highest BCUT2D eigenvalue weighted by molar-refractivity contribution is 7.85. The van der Waals surface area contributed by atoms with Crippen LogP contribution in [0.3, 0.4) is 0 Å². The van der Waals surface area contributed by atoms with Crippen LogP contribution < -0.4 is 10.3 Å². The lowest BCUT2D eigenvalue weighted by Gasteiger charge is -2.06. The van der Waals surface area contributed by atoms with Gasteiger partial charge in [-0.3, -0.25) is 10.5 Å². The van der Waals surface area contributed by atoms with E-state index < -0.39 is 10.1 Å². The highest BCUT2D eigenvalue weighted by Crippen LogP contribution is 2.11. The molecule has 0 spiro atoms. The van der Waals surface area contributed by atoms with Crippen LogP contribution in [0.1, 0.15) is 25.5 Å². The second-order valence-electron chi connectivity index (χ2n) is 4.17. The van der Waals surface area contributed by atoms with E-state index in [-0.39, 0.29) is 24.6 Å². The van der Waals surface area contributed by atoms with Gasteiger partial charge in [0.2, 0.25) is 0 Å². The first-order chi connectivity index (χ1) is 9.33. The summed E-state index contributed by atoms with van der Waals surface area (Å²) in [6.07, 6.45) is 0.900. The van der Waals surface area contributed by atoms with Crippen LogP contribution in [0.2, 0.25) is 0 Å². The van der Waals surface area contributed by atoms with Crippen molar-refractivity contribution >= 4 is 32.6 Å². The summed E-state index contributed by atoms with van der Waals surface area (Å²) in [6.45, 7) is 2.52. The third kappa shape index (κ3) is 5.85. The van der Waals surface area contributed by atoms with E-state index in [2.05, 4.69) is 0 Å². The standard InChI is InChI=1S/C11H18N2O5S2/c1-2-18-10(14)7-9-8-19-11(12)13(9)5-3-4-6-20(15,16)17/h8,12H,2-7H2,1H3,(H,15,16,17). The molecule has 0 aliphatic heterocycles. The Labute approximate surface area is 122 Å². The number of hydrogen-bond acceptors (Lipinski definition) is 7. The number of nitrogens with two attached hydrogens (primary N) is 1. The lowest BCUT2D eigenvalue weighted by atomic mass is 10.3. The number of aromatic nitrogens is 1. The van der Waals surface area contributed by atoms with Gasteiger partial charge in [-0.25, -0.2) is 13.0 Å². The Morgan fingerprint density at radius 2 is 2.20 bits per heavy atom. The fourth-order valence-corrected chi connectivity index (χ4v) is 3.06.